The molecule has 0 aromatic heterocycles. The van der Waals surface area contributed by atoms with Crippen LogP contribution < -0.4 is 10.6 Å². The lowest BCUT2D eigenvalue weighted by Gasteiger charge is -2.15. The predicted molar refractivity (Wildman–Crippen MR) is 104 cm³/mol. The second kappa shape index (κ2) is 9.65. The Labute approximate surface area is 168 Å². The Morgan fingerprint density at radius 1 is 1.11 bits per heavy atom. The molecule has 0 radical (unpaired) electrons. The minimum absolute atomic E-state index is 0.0448. The maximum Gasteiger partial charge on any atom is 0.266 e. The Morgan fingerprint density at radius 3 is 2.43 bits per heavy atom. The highest BCUT2D eigenvalue weighted by molar-refractivity contribution is 7.89. The van der Waals surface area contributed by atoms with Gasteiger partial charge in [0.05, 0.1) is 18.7 Å². The van der Waals surface area contributed by atoms with Gasteiger partial charge in [-0.25, -0.2) is 8.42 Å². The highest BCUT2D eigenvalue weighted by Gasteiger charge is 2.25. The first-order valence-corrected chi connectivity index (χ1v) is 9.99. The topological polar surface area (TPSA) is 105 Å². The van der Waals surface area contributed by atoms with Gasteiger partial charge >= 0.3 is 0 Å². The fourth-order valence-electron chi connectivity index (χ4n) is 2.20. The van der Waals surface area contributed by atoms with Crippen LogP contribution in [0.5, 0.6) is 0 Å². The van der Waals surface area contributed by atoms with Gasteiger partial charge in [0.25, 0.3) is 15.9 Å². The summed E-state index contributed by atoms with van der Waals surface area (Å²) >= 11 is 5.96. The van der Waals surface area contributed by atoms with Gasteiger partial charge in [-0.05, 0) is 23.8 Å². The number of halogens is 1. The number of hydroxylamine groups is 1. The minimum Gasteiger partial charge on any atom is -0.350 e. The lowest BCUT2D eigenvalue weighted by atomic mass is 10.2. The van der Waals surface area contributed by atoms with Gasteiger partial charge in [-0.15, -0.1) is 0 Å². The van der Waals surface area contributed by atoms with Crippen LogP contribution in [0.3, 0.4) is 0 Å². The number of hydrogen-bond acceptors (Lipinski definition) is 5. The van der Waals surface area contributed by atoms with E-state index >= 15 is 0 Å². The van der Waals surface area contributed by atoms with E-state index < -0.39 is 15.9 Å². The molecule has 2 rings (SSSR count). The molecule has 0 bridgehead atoms. The second-order valence-corrected chi connectivity index (χ2v) is 8.00. The molecule has 2 aromatic carbocycles. The molecule has 2 amide bonds. The average Bonchev–Trinajstić information content (AvgIpc) is 2.70. The van der Waals surface area contributed by atoms with Gasteiger partial charge in [0, 0.05) is 19.2 Å². The summed E-state index contributed by atoms with van der Waals surface area (Å²) in [7, 11) is -1.63. The molecule has 0 atom stereocenters. The van der Waals surface area contributed by atoms with Crippen LogP contribution in [0.15, 0.2) is 53.4 Å². The third-order valence-electron chi connectivity index (χ3n) is 3.81. The number of nitrogens with one attached hydrogen (secondary N) is 2. The van der Waals surface area contributed by atoms with Crippen LogP contribution in [0, 0.1) is 0 Å². The Hall–Kier alpha value is -2.46. The molecule has 150 valence electrons. The van der Waals surface area contributed by atoms with Crippen molar-refractivity contribution in [2.24, 2.45) is 0 Å². The molecule has 0 aliphatic heterocycles. The Bertz CT molecular complexity index is 951. The first kappa shape index (κ1) is 21.8. The lowest BCUT2D eigenvalue weighted by molar-refractivity contribution is -0.120. The van der Waals surface area contributed by atoms with Crippen molar-refractivity contribution in [1.29, 1.82) is 0 Å². The molecule has 0 aliphatic rings. The fourth-order valence-corrected chi connectivity index (χ4v) is 3.67. The van der Waals surface area contributed by atoms with Crippen molar-refractivity contribution in [3.05, 3.63) is 64.7 Å². The van der Waals surface area contributed by atoms with Crippen molar-refractivity contribution in [2.75, 3.05) is 20.7 Å². The van der Waals surface area contributed by atoms with Gasteiger partial charge in [-0.3, -0.25) is 14.4 Å². The van der Waals surface area contributed by atoms with E-state index in [-0.39, 0.29) is 27.9 Å². The molecular formula is C18H20ClN3O5S. The van der Waals surface area contributed by atoms with Crippen LogP contribution in [0.1, 0.15) is 15.9 Å². The van der Waals surface area contributed by atoms with Gasteiger partial charge in [-0.1, -0.05) is 46.4 Å². The number of carbonyl (C=O) groups is 2. The molecule has 8 nitrogen and oxygen atoms in total. The molecule has 28 heavy (non-hydrogen) atoms. The van der Waals surface area contributed by atoms with Gasteiger partial charge in [0.15, 0.2) is 0 Å². The summed E-state index contributed by atoms with van der Waals surface area (Å²) in [4.78, 5) is 28.6. The number of sulfonamides is 1. The molecule has 0 aliphatic carbocycles. The predicted octanol–water partition coefficient (Wildman–Crippen LogP) is 1.57. The summed E-state index contributed by atoms with van der Waals surface area (Å²) in [6.07, 6.45) is 0. The van der Waals surface area contributed by atoms with Crippen molar-refractivity contribution in [2.45, 2.75) is 11.4 Å². The first-order chi connectivity index (χ1) is 13.3. The number of carbonyl (C=O) groups excluding carboxylic acids is 2. The van der Waals surface area contributed by atoms with Gasteiger partial charge in [0.1, 0.15) is 4.90 Å². The Morgan fingerprint density at radius 2 is 1.79 bits per heavy atom. The minimum atomic E-state index is -4.03. The second-order valence-electron chi connectivity index (χ2n) is 5.69. The third-order valence-corrected chi connectivity index (χ3v) is 5.97. The number of nitrogens with zero attached hydrogens (tertiary/aromatic N) is 1. The van der Waals surface area contributed by atoms with E-state index in [1.165, 1.54) is 26.3 Å². The zero-order chi connectivity index (χ0) is 20.7. The van der Waals surface area contributed by atoms with Crippen LogP contribution >= 0.6 is 11.6 Å². The largest absolute Gasteiger partial charge is 0.350 e. The van der Waals surface area contributed by atoms with E-state index in [1.54, 1.807) is 0 Å². The van der Waals surface area contributed by atoms with Crippen LogP contribution in [0.25, 0.3) is 0 Å². The van der Waals surface area contributed by atoms with E-state index in [1.807, 2.05) is 30.3 Å². The Balaban J connectivity index is 2.01. The Kier molecular flexibility index (Phi) is 7.53. The van der Waals surface area contributed by atoms with Crippen molar-refractivity contribution in [3.63, 3.8) is 0 Å². The van der Waals surface area contributed by atoms with E-state index in [2.05, 4.69) is 10.6 Å². The van der Waals surface area contributed by atoms with Crippen LogP contribution in [0.4, 0.5) is 0 Å². The fraction of sp³-hybridized carbons (Fsp3) is 0.222. The molecule has 2 N–H and O–H groups in total. The maximum atomic E-state index is 12.4. The molecule has 2 aromatic rings. The van der Waals surface area contributed by atoms with Gasteiger partial charge in [0.2, 0.25) is 5.91 Å². The molecule has 0 unspecified atom stereocenters. The average molecular weight is 426 g/mol. The third kappa shape index (κ3) is 5.52. The molecule has 0 spiro atoms. The summed E-state index contributed by atoms with van der Waals surface area (Å²) in [5.41, 5.74) is 0.973. The van der Waals surface area contributed by atoms with E-state index in [0.717, 1.165) is 11.6 Å². The SMILES string of the molecule is CON(C)S(=O)(=O)c1cc(C(=O)NCC(=O)NCc2ccccc2)ccc1Cl. The molecule has 10 heteroatoms. The van der Waals surface area contributed by atoms with Gasteiger partial charge in [-0.2, -0.15) is 0 Å². The van der Waals surface area contributed by atoms with E-state index in [4.69, 9.17) is 16.4 Å². The molecule has 0 saturated heterocycles. The summed E-state index contributed by atoms with van der Waals surface area (Å²) in [6, 6.07) is 13.1. The number of benzene rings is 2. The van der Waals surface area contributed by atoms with Crippen LogP contribution in [0.2, 0.25) is 5.02 Å². The zero-order valence-electron chi connectivity index (χ0n) is 15.3. The molecular weight excluding hydrogens is 406 g/mol. The highest BCUT2D eigenvalue weighted by Crippen LogP contribution is 2.25. The van der Waals surface area contributed by atoms with E-state index in [0.29, 0.717) is 11.0 Å². The lowest BCUT2D eigenvalue weighted by Crippen LogP contribution is -2.36. The molecule has 0 fully saturated rings. The number of hydrogen-bond donors (Lipinski definition) is 2. The monoisotopic (exact) mass is 425 g/mol. The first-order valence-electron chi connectivity index (χ1n) is 8.17. The van der Waals surface area contributed by atoms with Crippen molar-refractivity contribution in [3.8, 4) is 0 Å². The summed E-state index contributed by atoms with van der Waals surface area (Å²) in [6.45, 7) is 0.0799. The van der Waals surface area contributed by atoms with Crippen molar-refractivity contribution in [1.82, 2.24) is 15.1 Å². The van der Waals surface area contributed by atoms with E-state index in [9.17, 15) is 18.0 Å². The standard InChI is InChI=1S/C18H20ClN3O5S/c1-22(27-2)28(25,26)16-10-14(8-9-15(16)19)18(24)21-12-17(23)20-11-13-6-4-3-5-7-13/h3-10H,11-12H2,1-2H3,(H,20,23)(H,21,24). The van der Waals surface area contributed by atoms with Crippen molar-refractivity contribution >= 4 is 33.4 Å². The number of rotatable bonds is 8. The highest BCUT2D eigenvalue weighted by atomic mass is 35.5. The quantitative estimate of drug-likeness (QED) is 0.624. The summed E-state index contributed by atoms with van der Waals surface area (Å²) in [5, 5.41) is 5.07. The normalized spacial score (nSPS) is 11.3. The zero-order valence-corrected chi connectivity index (χ0v) is 16.9. The van der Waals surface area contributed by atoms with Crippen LogP contribution in [-0.2, 0) is 26.2 Å². The van der Waals surface area contributed by atoms with Gasteiger partial charge < -0.3 is 10.6 Å². The number of amides is 2. The van der Waals surface area contributed by atoms with Crippen LogP contribution in [-0.4, -0.2) is 45.4 Å². The molecule has 0 heterocycles. The molecule has 0 saturated carbocycles. The summed E-state index contributed by atoms with van der Waals surface area (Å²) in [5.74, 6) is -0.985. The maximum absolute atomic E-state index is 12.4. The summed E-state index contributed by atoms with van der Waals surface area (Å²) < 4.78 is 25.4. The van der Waals surface area contributed by atoms with Crippen molar-refractivity contribution < 1.29 is 22.8 Å². The smallest absolute Gasteiger partial charge is 0.266 e.